The predicted octanol–water partition coefficient (Wildman–Crippen LogP) is 1.87. The summed E-state index contributed by atoms with van der Waals surface area (Å²) in [5, 5.41) is 11.7. The van der Waals surface area contributed by atoms with Crippen LogP contribution in [0, 0.1) is 5.41 Å². The molecule has 0 unspecified atom stereocenters. The molecule has 0 amide bonds. The van der Waals surface area contributed by atoms with E-state index in [9.17, 15) is 9.59 Å². The Labute approximate surface area is 100 Å². The molecule has 0 aliphatic rings. The number of aryl methyl sites for hydroxylation is 1. The third-order valence-electron chi connectivity index (χ3n) is 2.70. The van der Waals surface area contributed by atoms with Crippen LogP contribution in [0.2, 0.25) is 0 Å². The summed E-state index contributed by atoms with van der Waals surface area (Å²) in [6.45, 7) is 8.55. The topological polar surface area (TPSA) is 75.1 Å². The van der Waals surface area contributed by atoms with Gasteiger partial charge in [0.1, 0.15) is 5.69 Å². The first-order chi connectivity index (χ1) is 7.76. The Hall–Kier alpha value is -1.52. The van der Waals surface area contributed by atoms with Gasteiger partial charge in [0, 0.05) is 6.54 Å². The molecule has 0 bridgehead atoms. The van der Waals surface area contributed by atoms with Crippen molar-refractivity contribution in [2.24, 2.45) is 5.41 Å². The SMILES string of the molecule is CCc1c(C(=O)O)[nH]n(CCC(C)(C)C)c1=O. The number of aromatic nitrogens is 2. The average molecular weight is 240 g/mol. The highest BCUT2D eigenvalue weighted by Gasteiger charge is 2.19. The molecule has 0 fully saturated rings. The number of nitrogens with one attached hydrogen (secondary N) is 1. The highest BCUT2D eigenvalue weighted by Crippen LogP contribution is 2.18. The minimum atomic E-state index is -1.08. The van der Waals surface area contributed by atoms with Gasteiger partial charge in [-0.2, -0.15) is 0 Å². The number of rotatable bonds is 4. The van der Waals surface area contributed by atoms with E-state index >= 15 is 0 Å². The van der Waals surface area contributed by atoms with E-state index in [2.05, 4.69) is 25.9 Å². The normalized spacial score (nSPS) is 11.8. The summed E-state index contributed by atoms with van der Waals surface area (Å²) in [5.41, 5.74) is 0.271. The molecule has 0 saturated carbocycles. The highest BCUT2D eigenvalue weighted by atomic mass is 16.4. The summed E-state index contributed by atoms with van der Waals surface area (Å²) in [4.78, 5) is 22.9. The van der Waals surface area contributed by atoms with Crippen molar-refractivity contribution in [1.29, 1.82) is 0 Å². The van der Waals surface area contributed by atoms with E-state index < -0.39 is 5.97 Å². The summed E-state index contributed by atoms with van der Waals surface area (Å²) < 4.78 is 1.40. The van der Waals surface area contributed by atoms with E-state index in [-0.39, 0.29) is 16.7 Å². The number of hydrogen-bond donors (Lipinski definition) is 2. The Kier molecular flexibility index (Phi) is 3.80. The van der Waals surface area contributed by atoms with Crippen molar-refractivity contribution in [2.45, 2.75) is 47.1 Å². The largest absolute Gasteiger partial charge is 0.477 e. The van der Waals surface area contributed by atoms with E-state index in [0.717, 1.165) is 6.42 Å². The van der Waals surface area contributed by atoms with Gasteiger partial charge >= 0.3 is 5.97 Å². The molecular weight excluding hydrogens is 220 g/mol. The molecule has 5 nitrogen and oxygen atoms in total. The van der Waals surface area contributed by atoms with Gasteiger partial charge in [0.25, 0.3) is 5.56 Å². The summed E-state index contributed by atoms with van der Waals surface area (Å²) in [6.07, 6.45) is 1.25. The summed E-state index contributed by atoms with van der Waals surface area (Å²) in [5.74, 6) is -1.08. The fraction of sp³-hybridized carbons (Fsp3) is 0.667. The van der Waals surface area contributed by atoms with Crippen LogP contribution in [0.15, 0.2) is 4.79 Å². The minimum absolute atomic E-state index is 0.0198. The van der Waals surface area contributed by atoms with Crippen molar-refractivity contribution >= 4 is 5.97 Å². The van der Waals surface area contributed by atoms with Gasteiger partial charge < -0.3 is 5.11 Å². The van der Waals surface area contributed by atoms with Gasteiger partial charge in [-0.15, -0.1) is 0 Å². The lowest BCUT2D eigenvalue weighted by Gasteiger charge is -2.17. The monoisotopic (exact) mass is 240 g/mol. The molecule has 0 spiro atoms. The van der Waals surface area contributed by atoms with Gasteiger partial charge in [-0.25, -0.2) is 4.79 Å². The molecule has 17 heavy (non-hydrogen) atoms. The van der Waals surface area contributed by atoms with Crippen molar-refractivity contribution in [2.75, 3.05) is 0 Å². The molecule has 1 aromatic heterocycles. The molecule has 1 heterocycles. The van der Waals surface area contributed by atoms with Crippen LogP contribution in [0.1, 0.15) is 50.2 Å². The average Bonchev–Trinajstić information content (AvgIpc) is 2.51. The number of aromatic carboxylic acids is 1. The van der Waals surface area contributed by atoms with Crippen molar-refractivity contribution in [3.8, 4) is 0 Å². The molecule has 0 radical (unpaired) electrons. The summed E-state index contributed by atoms with van der Waals surface area (Å²) >= 11 is 0. The minimum Gasteiger partial charge on any atom is -0.477 e. The van der Waals surface area contributed by atoms with Gasteiger partial charge in [0.15, 0.2) is 0 Å². The van der Waals surface area contributed by atoms with E-state index in [0.29, 0.717) is 18.5 Å². The second-order valence-corrected chi connectivity index (χ2v) is 5.39. The van der Waals surface area contributed by atoms with Crippen LogP contribution in [0.3, 0.4) is 0 Å². The predicted molar refractivity (Wildman–Crippen MR) is 65.5 cm³/mol. The fourth-order valence-corrected chi connectivity index (χ4v) is 1.63. The molecule has 1 rings (SSSR count). The molecule has 0 aliphatic carbocycles. The zero-order valence-corrected chi connectivity index (χ0v) is 10.8. The van der Waals surface area contributed by atoms with Gasteiger partial charge in [-0.3, -0.25) is 14.6 Å². The Balaban J connectivity index is 3.03. The molecule has 5 heteroatoms. The van der Waals surface area contributed by atoms with Gasteiger partial charge in [0.05, 0.1) is 5.56 Å². The second-order valence-electron chi connectivity index (χ2n) is 5.39. The maximum atomic E-state index is 11.9. The first-order valence-corrected chi connectivity index (χ1v) is 5.81. The third kappa shape index (κ3) is 3.22. The van der Waals surface area contributed by atoms with Crippen LogP contribution < -0.4 is 5.56 Å². The van der Waals surface area contributed by atoms with Crippen LogP contribution in [0.4, 0.5) is 0 Å². The second kappa shape index (κ2) is 4.77. The van der Waals surface area contributed by atoms with Gasteiger partial charge in [0.2, 0.25) is 0 Å². The van der Waals surface area contributed by atoms with Crippen LogP contribution in [0.5, 0.6) is 0 Å². The summed E-state index contributed by atoms with van der Waals surface area (Å²) in [7, 11) is 0. The Bertz CT molecular complexity index is 463. The van der Waals surface area contributed by atoms with Crippen LogP contribution >= 0.6 is 0 Å². The standard InChI is InChI=1S/C12H20N2O3/c1-5-8-9(11(16)17)13-14(10(8)15)7-6-12(2,3)4/h13H,5-7H2,1-4H3,(H,16,17). The molecule has 96 valence electrons. The summed E-state index contributed by atoms with van der Waals surface area (Å²) in [6, 6.07) is 0. The first kappa shape index (κ1) is 13.5. The molecule has 0 saturated heterocycles. The number of carbonyl (C=O) groups is 1. The van der Waals surface area contributed by atoms with E-state index in [1.807, 2.05) is 0 Å². The smallest absolute Gasteiger partial charge is 0.354 e. The van der Waals surface area contributed by atoms with E-state index in [1.54, 1.807) is 6.92 Å². The van der Waals surface area contributed by atoms with Crippen molar-refractivity contribution in [3.05, 3.63) is 21.6 Å². The Morgan fingerprint density at radius 1 is 1.41 bits per heavy atom. The molecule has 0 atom stereocenters. The van der Waals surface area contributed by atoms with Crippen LogP contribution in [-0.4, -0.2) is 20.9 Å². The number of aromatic amines is 1. The Morgan fingerprint density at radius 2 is 2.00 bits per heavy atom. The zero-order chi connectivity index (χ0) is 13.2. The molecule has 1 aromatic rings. The molecule has 2 N–H and O–H groups in total. The molecule has 0 aromatic carbocycles. The first-order valence-electron chi connectivity index (χ1n) is 5.81. The van der Waals surface area contributed by atoms with Crippen molar-refractivity contribution < 1.29 is 9.90 Å². The van der Waals surface area contributed by atoms with Gasteiger partial charge in [-0.05, 0) is 18.3 Å². The quantitative estimate of drug-likeness (QED) is 0.843. The highest BCUT2D eigenvalue weighted by molar-refractivity contribution is 5.86. The number of nitrogens with zero attached hydrogens (tertiary/aromatic N) is 1. The third-order valence-corrected chi connectivity index (χ3v) is 2.70. The van der Waals surface area contributed by atoms with Gasteiger partial charge in [-0.1, -0.05) is 27.7 Å². The molecular formula is C12H20N2O3. The maximum Gasteiger partial charge on any atom is 0.354 e. The zero-order valence-electron chi connectivity index (χ0n) is 10.8. The lowest BCUT2D eigenvalue weighted by molar-refractivity contribution is 0.0688. The van der Waals surface area contributed by atoms with E-state index in [1.165, 1.54) is 4.68 Å². The van der Waals surface area contributed by atoms with Crippen LogP contribution in [0.25, 0.3) is 0 Å². The lowest BCUT2D eigenvalue weighted by Crippen LogP contribution is -2.21. The molecule has 0 aliphatic heterocycles. The fourth-order valence-electron chi connectivity index (χ4n) is 1.63. The lowest BCUT2D eigenvalue weighted by atomic mass is 9.92. The maximum absolute atomic E-state index is 11.9. The van der Waals surface area contributed by atoms with Crippen molar-refractivity contribution in [1.82, 2.24) is 9.78 Å². The number of hydrogen-bond acceptors (Lipinski definition) is 2. The Morgan fingerprint density at radius 3 is 2.35 bits per heavy atom. The van der Waals surface area contributed by atoms with Crippen molar-refractivity contribution in [3.63, 3.8) is 0 Å². The number of carboxylic acids is 1. The van der Waals surface area contributed by atoms with Crippen LogP contribution in [-0.2, 0) is 13.0 Å². The number of carboxylic acid groups (broad SMARTS) is 1. The van der Waals surface area contributed by atoms with E-state index in [4.69, 9.17) is 5.11 Å². The number of H-pyrrole nitrogens is 1.